The zero-order valence-electron chi connectivity index (χ0n) is 12.2. The average molecular weight is 299 g/mol. The van der Waals surface area contributed by atoms with E-state index in [0.29, 0.717) is 5.75 Å². The Bertz CT molecular complexity index is 682. The molecule has 0 fully saturated rings. The van der Waals surface area contributed by atoms with E-state index < -0.39 is 0 Å². The van der Waals surface area contributed by atoms with Gasteiger partial charge in [-0.25, -0.2) is 0 Å². The maximum absolute atomic E-state index is 12.1. The number of benzene rings is 2. The second kappa shape index (κ2) is 5.97. The van der Waals surface area contributed by atoms with E-state index in [9.17, 15) is 9.90 Å². The SMILES string of the molecule is CC(NC(=O)Cc1ccc(O)cc1)c1ccc2c(c1)OCO2. The molecule has 5 nitrogen and oxygen atoms in total. The van der Waals surface area contributed by atoms with Gasteiger partial charge in [-0.05, 0) is 42.3 Å². The highest BCUT2D eigenvalue weighted by Gasteiger charge is 2.16. The molecule has 0 saturated carbocycles. The summed E-state index contributed by atoms with van der Waals surface area (Å²) in [4.78, 5) is 12.1. The Morgan fingerprint density at radius 1 is 1.18 bits per heavy atom. The molecular weight excluding hydrogens is 282 g/mol. The summed E-state index contributed by atoms with van der Waals surface area (Å²) in [5, 5.41) is 12.2. The lowest BCUT2D eigenvalue weighted by molar-refractivity contribution is -0.121. The molecule has 114 valence electrons. The number of fused-ring (bicyclic) bond motifs is 1. The molecule has 0 spiro atoms. The maximum atomic E-state index is 12.1. The predicted molar refractivity (Wildman–Crippen MR) is 80.9 cm³/mol. The van der Waals surface area contributed by atoms with Crippen LogP contribution in [0.25, 0.3) is 0 Å². The van der Waals surface area contributed by atoms with Crippen LogP contribution < -0.4 is 14.8 Å². The van der Waals surface area contributed by atoms with Crippen molar-refractivity contribution < 1.29 is 19.4 Å². The van der Waals surface area contributed by atoms with Crippen LogP contribution in [0.2, 0.25) is 0 Å². The van der Waals surface area contributed by atoms with Crippen molar-refractivity contribution in [2.24, 2.45) is 0 Å². The van der Waals surface area contributed by atoms with E-state index in [-0.39, 0.29) is 30.9 Å². The molecule has 2 aromatic rings. The molecule has 2 N–H and O–H groups in total. The summed E-state index contributed by atoms with van der Waals surface area (Å²) in [6.45, 7) is 2.16. The van der Waals surface area contributed by atoms with E-state index >= 15 is 0 Å². The summed E-state index contributed by atoms with van der Waals surface area (Å²) < 4.78 is 10.6. The molecule has 1 aliphatic heterocycles. The summed E-state index contributed by atoms with van der Waals surface area (Å²) in [5.41, 5.74) is 1.82. The first-order valence-corrected chi connectivity index (χ1v) is 7.08. The Labute approximate surface area is 128 Å². The molecule has 2 aromatic carbocycles. The Hall–Kier alpha value is -2.69. The van der Waals surface area contributed by atoms with Gasteiger partial charge in [-0.3, -0.25) is 4.79 Å². The van der Waals surface area contributed by atoms with Gasteiger partial charge in [0.1, 0.15) is 5.75 Å². The highest BCUT2D eigenvalue weighted by molar-refractivity contribution is 5.79. The highest BCUT2D eigenvalue weighted by atomic mass is 16.7. The van der Waals surface area contributed by atoms with Crippen LogP contribution in [-0.4, -0.2) is 17.8 Å². The summed E-state index contributed by atoms with van der Waals surface area (Å²) in [5.74, 6) is 1.55. The number of ether oxygens (including phenoxy) is 2. The van der Waals surface area contributed by atoms with Gasteiger partial charge in [0, 0.05) is 0 Å². The Kier molecular flexibility index (Phi) is 3.87. The van der Waals surface area contributed by atoms with Crippen molar-refractivity contribution in [3.05, 3.63) is 53.6 Å². The second-order valence-corrected chi connectivity index (χ2v) is 5.25. The molecule has 0 radical (unpaired) electrons. The number of hydrogen-bond donors (Lipinski definition) is 2. The number of amides is 1. The summed E-state index contributed by atoms with van der Waals surface area (Å²) in [6, 6.07) is 12.1. The van der Waals surface area contributed by atoms with Gasteiger partial charge >= 0.3 is 0 Å². The molecule has 1 unspecified atom stereocenters. The minimum Gasteiger partial charge on any atom is -0.508 e. The fraction of sp³-hybridized carbons (Fsp3) is 0.235. The minimum atomic E-state index is -0.126. The Morgan fingerprint density at radius 2 is 1.91 bits per heavy atom. The van der Waals surface area contributed by atoms with Crippen molar-refractivity contribution in [3.63, 3.8) is 0 Å². The standard InChI is InChI=1S/C17H17NO4/c1-11(13-4-7-15-16(9-13)22-10-21-15)18-17(20)8-12-2-5-14(19)6-3-12/h2-7,9,11,19H,8,10H2,1H3,(H,18,20). The number of phenols is 1. The summed E-state index contributed by atoms with van der Waals surface area (Å²) in [6.07, 6.45) is 0.273. The van der Waals surface area contributed by atoms with E-state index in [4.69, 9.17) is 9.47 Å². The van der Waals surface area contributed by atoms with E-state index in [1.54, 1.807) is 24.3 Å². The number of phenolic OH excluding ortho intramolecular Hbond substituents is 1. The van der Waals surface area contributed by atoms with Gasteiger partial charge in [-0.1, -0.05) is 18.2 Å². The van der Waals surface area contributed by atoms with Crippen molar-refractivity contribution in [1.29, 1.82) is 0 Å². The van der Waals surface area contributed by atoms with Gasteiger partial charge in [-0.15, -0.1) is 0 Å². The number of aromatic hydroxyl groups is 1. The van der Waals surface area contributed by atoms with E-state index in [1.165, 1.54) is 0 Å². The van der Waals surface area contributed by atoms with Gasteiger partial charge in [0.2, 0.25) is 12.7 Å². The third-order valence-corrected chi connectivity index (χ3v) is 3.58. The number of carbonyl (C=O) groups is 1. The molecule has 0 aliphatic carbocycles. The molecule has 1 heterocycles. The van der Waals surface area contributed by atoms with Gasteiger partial charge < -0.3 is 19.9 Å². The van der Waals surface area contributed by atoms with Crippen molar-refractivity contribution >= 4 is 5.91 Å². The molecule has 1 atom stereocenters. The average Bonchev–Trinajstić information content (AvgIpc) is 2.97. The molecule has 22 heavy (non-hydrogen) atoms. The molecule has 5 heteroatoms. The Morgan fingerprint density at radius 3 is 2.68 bits per heavy atom. The summed E-state index contributed by atoms with van der Waals surface area (Å²) >= 11 is 0. The largest absolute Gasteiger partial charge is 0.508 e. The third-order valence-electron chi connectivity index (χ3n) is 3.58. The quantitative estimate of drug-likeness (QED) is 0.910. The molecule has 1 aliphatic rings. The van der Waals surface area contributed by atoms with Crippen LogP contribution in [0.3, 0.4) is 0 Å². The maximum Gasteiger partial charge on any atom is 0.231 e. The van der Waals surface area contributed by atoms with Crippen LogP contribution in [0.1, 0.15) is 24.1 Å². The van der Waals surface area contributed by atoms with Crippen LogP contribution in [0.5, 0.6) is 17.2 Å². The van der Waals surface area contributed by atoms with Crippen molar-refractivity contribution in [1.82, 2.24) is 5.32 Å². The number of rotatable bonds is 4. The van der Waals surface area contributed by atoms with Crippen LogP contribution in [0, 0.1) is 0 Å². The van der Waals surface area contributed by atoms with E-state index in [0.717, 1.165) is 16.9 Å². The predicted octanol–water partition coefficient (Wildman–Crippen LogP) is 2.54. The van der Waals surface area contributed by atoms with Crippen LogP contribution >= 0.6 is 0 Å². The zero-order valence-corrected chi connectivity index (χ0v) is 12.2. The number of carbonyl (C=O) groups excluding carboxylic acids is 1. The van der Waals surface area contributed by atoms with Crippen molar-refractivity contribution in [3.8, 4) is 17.2 Å². The lowest BCUT2D eigenvalue weighted by atomic mass is 10.1. The Balaban J connectivity index is 1.62. The van der Waals surface area contributed by atoms with Gasteiger partial charge in [0.05, 0.1) is 12.5 Å². The minimum absolute atomic E-state index is 0.0733. The smallest absolute Gasteiger partial charge is 0.231 e. The van der Waals surface area contributed by atoms with Crippen LogP contribution in [0.15, 0.2) is 42.5 Å². The summed E-state index contributed by atoms with van der Waals surface area (Å²) in [7, 11) is 0. The molecule has 0 bridgehead atoms. The first kappa shape index (κ1) is 14.3. The zero-order chi connectivity index (χ0) is 15.5. The molecule has 0 aromatic heterocycles. The molecule has 3 rings (SSSR count). The van der Waals surface area contributed by atoms with Crippen LogP contribution in [-0.2, 0) is 11.2 Å². The lowest BCUT2D eigenvalue weighted by Crippen LogP contribution is -2.28. The normalized spacial score (nSPS) is 13.7. The number of hydrogen-bond acceptors (Lipinski definition) is 4. The van der Waals surface area contributed by atoms with E-state index in [2.05, 4.69) is 5.32 Å². The monoisotopic (exact) mass is 299 g/mol. The fourth-order valence-electron chi connectivity index (χ4n) is 2.36. The lowest BCUT2D eigenvalue weighted by Gasteiger charge is -2.15. The first-order valence-electron chi connectivity index (χ1n) is 7.08. The third kappa shape index (κ3) is 3.14. The topological polar surface area (TPSA) is 67.8 Å². The molecule has 0 saturated heterocycles. The van der Waals surface area contributed by atoms with Crippen LogP contribution in [0.4, 0.5) is 0 Å². The van der Waals surface area contributed by atoms with Crippen molar-refractivity contribution in [2.75, 3.05) is 6.79 Å². The second-order valence-electron chi connectivity index (χ2n) is 5.25. The van der Waals surface area contributed by atoms with E-state index in [1.807, 2.05) is 25.1 Å². The van der Waals surface area contributed by atoms with Gasteiger partial charge in [0.25, 0.3) is 0 Å². The highest BCUT2D eigenvalue weighted by Crippen LogP contribution is 2.34. The molecular formula is C17H17NO4. The van der Waals surface area contributed by atoms with Gasteiger partial charge in [0.15, 0.2) is 11.5 Å². The van der Waals surface area contributed by atoms with Gasteiger partial charge in [-0.2, -0.15) is 0 Å². The van der Waals surface area contributed by atoms with Crippen molar-refractivity contribution in [2.45, 2.75) is 19.4 Å². The first-order chi connectivity index (χ1) is 10.6. The molecule has 1 amide bonds. The fourth-order valence-corrected chi connectivity index (χ4v) is 2.36. The number of nitrogens with one attached hydrogen (secondary N) is 1.